The molecule has 0 aliphatic carbocycles. The van der Waals surface area contributed by atoms with Gasteiger partial charge in [0.05, 0.1) is 22.1 Å². The Kier molecular flexibility index (Phi) is 5.55. The van der Waals surface area contributed by atoms with Crippen LogP contribution in [0.3, 0.4) is 0 Å². The van der Waals surface area contributed by atoms with Gasteiger partial charge in [0.2, 0.25) is 0 Å². The normalized spacial score (nSPS) is 10.7. The molecule has 0 fully saturated rings. The Bertz CT molecular complexity index is 1140. The number of halogens is 1. The van der Waals surface area contributed by atoms with E-state index in [0.29, 0.717) is 34.3 Å². The van der Waals surface area contributed by atoms with Crippen LogP contribution >= 0.6 is 22.9 Å². The number of thiazole rings is 1. The minimum Gasteiger partial charge on any atom is -0.487 e. The van der Waals surface area contributed by atoms with Gasteiger partial charge in [-0.3, -0.25) is 4.79 Å². The molecule has 0 unspecified atom stereocenters. The maximum absolute atomic E-state index is 12.8. The first-order chi connectivity index (χ1) is 14.1. The van der Waals surface area contributed by atoms with E-state index in [-0.39, 0.29) is 5.91 Å². The Morgan fingerprint density at radius 3 is 2.93 bits per heavy atom. The minimum atomic E-state index is -0.288. The van der Waals surface area contributed by atoms with Gasteiger partial charge in [-0.1, -0.05) is 17.7 Å². The number of ether oxygens (including phenoxy) is 1. The predicted octanol–water partition coefficient (Wildman–Crippen LogP) is 4.52. The maximum atomic E-state index is 12.8. The lowest BCUT2D eigenvalue weighted by molar-refractivity contribution is 0.102. The van der Waals surface area contributed by atoms with Gasteiger partial charge in [0.15, 0.2) is 0 Å². The van der Waals surface area contributed by atoms with E-state index in [0.717, 1.165) is 10.7 Å². The highest BCUT2D eigenvalue weighted by molar-refractivity contribution is 7.09. The SMILES string of the molecule is Cc1nc(COc2cccc(C(=O)Nc3cc(Cl)ccc3-n3cncn3)c2)cs1. The molecule has 1 amide bonds. The number of rotatable bonds is 6. The Morgan fingerprint density at radius 2 is 2.17 bits per heavy atom. The molecule has 0 bridgehead atoms. The molecule has 0 radical (unpaired) electrons. The van der Waals surface area contributed by atoms with Gasteiger partial charge in [-0.15, -0.1) is 11.3 Å². The summed E-state index contributed by atoms with van der Waals surface area (Å²) in [5.41, 5.74) is 2.50. The maximum Gasteiger partial charge on any atom is 0.255 e. The average Bonchev–Trinajstić information content (AvgIpc) is 3.39. The molecule has 2 heterocycles. The van der Waals surface area contributed by atoms with Gasteiger partial charge in [0.1, 0.15) is 25.0 Å². The van der Waals surface area contributed by atoms with Crippen molar-refractivity contribution in [3.05, 3.63) is 81.8 Å². The molecule has 29 heavy (non-hydrogen) atoms. The second-order valence-corrected chi connectivity index (χ2v) is 7.63. The third kappa shape index (κ3) is 4.61. The summed E-state index contributed by atoms with van der Waals surface area (Å²) in [7, 11) is 0. The molecule has 2 aromatic carbocycles. The molecule has 0 atom stereocenters. The highest BCUT2D eigenvalue weighted by atomic mass is 35.5. The highest BCUT2D eigenvalue weighted by Gasteiger charge is 2.13. The summed E-state index contributed by atoms with van der Waals surface area (Å²) in [6.07, 6.45) is 2.97. The topological polar surface area (TPSA) is 81.9 Å². The van der Waals surface area contributed by atoms with Crippen LogP contribution in [0.4, 0.5) is 5.69 Å². The van der Waals surface area contributed by atoms with Crippen molar-refractivity contribution in [3.63, 3.8) is 0 Å². The predicted molar refractivity (Wildman–Crippen MR) is 112 cm³/mol. The molecule has 9 heteroatoms. The Balaban J connectivity index is 1.51. The molecule has 2 aromatic heterocycles. The second-order valence-electron chi connectivity index (χ2n) is 6.13. The number of benzene rings is 2. The van der Waals surface area contributed by atoms with Crippen LogP contribution in [0.2, 0.25) is 5.02 Å². The van der Waals surface area contributed by atoms with E-state index in [1.807, 2.05) is 12.3 Å². The van der Waals surface area contributed by atoms with Crippen molar-refractivity contribution in [2.75, 3.05) is 5.32 Å². The van der Waals surface area contributed by atoms with Crippen molar-refractivity contribution >= 4 is 34.5 Å². The van der Waals surface area contributed by atoms with E-state index in [9.17, 15) is 4.79 Å². The van der Waals surface area contributed by atoms with Gasteiger partial charge in [-0.05, 0) is 43.3 Å². The molecule has 7 nitrogen and oxygen atoms in total. The largest absolute Gasteiger partial charge is 0.487 e. The molecule has 0 aliphatic heterocycles. The van der Waals surface area contributed by atoms with E-state index in [1.165, 1.54) is 6.33 Å². The van der Waals surface area contributed by atoms with Gasteiger partial charge < -0.3 is 10.1 Å². The summed E-state index contributed by atoms with van der Waals surface area (Å²) < 4.78 is 7.33. The van der Waals surface area contributed by atoms with Crippen LogP contribution in [-0.4, -0.2) is 25.7 Å². The van der Waals surface area contributed by atoms with Crippen molar-refractivity contribution < 1.29 is 9.53 Å². The number of aryl methyl sites for hydroxylation is 1. The highest BCUT2D eigenvalue weighted by Crippen LogP contribution is 2.25. The summed E-state index contributed by atoms with van der Waals surface area (Å²) in [6, 6.07) is 12.1. The fourth-order valence-electron chi connectivity index (χ4n) is 2.69. The van der Waals surface area contributed by atoms with Gasteiger partial charge in [0.25, 0.3) is 5.91 Å². The molecule has 4 aromatic rings. The zero-order chi connectivity index (χ0) is 20.2. The van der Waals surface area contributed by atoms with Crippen molar-refractivity contribution in [1.29, 1.82) is 0 Å². The molecule has 0 aliphatic rings. The van der Waals surface area contributed by atoms with Crippen LogP contribution in [0.1, 0.15) is 21.1 Å². The fourth-order valence-corrected chi connectivity index (χ4v) is 3.46. The molecular formula is C20H16ClN5O2S. The van der Waals surface area contributed by atoms with E-state index < -0.39 is 0 Å². The smallest absolute Gasteiger partial charge is 0.255 e. The lowest BCUT2D eigenvalue weighted by atomic mass is 10.2. The van der Waals surface area contributed by atoms with Crippen molar-refractivity contribution in [2.24, 2.45) is 0 Å². The number of nitrogens with zero attached hydrogens (tertiary/aromatic N) is 4. The van der Waals surface area contributed by atoms with E-state index in [1.54, 1.807) is 64.8 Å². The average molecular weight is 426 g/mol. The minimum absolute atomic E-state index is 0.288. The number of amides is 1. The first-order valence-corrected chi connectivity index (χ1v) is 9.94. The first-order valence-electron chi connectivity index (χ1n) is 8.68. The van der Waals surface area contributed by atoms with Crippen LogP contribution in [0, 0.1) is 6.92 Å². The van der Waals surface area contributed by atoms with Crippen LogP contribution < -0.4 is 10.1 Å². The lowest BCUT2D eigenvalue weighted by Gasteiger charge is -2.12. The van der Waals surface area contributed by atoms with Crippen LogP contribution in [0.25, 0.3) is 5.69 Å². The number of anilines is 1. The van der Waals surface area contributed by atoms with E-state index >= 15 is 0 Å². The quantitative estimate of drug-likeness (QED) is 0.491. The summed E-state index contributed by atoms with van der Waals surface area (Å²) >= 11 is 7.68. The number of carbonyl (C=O) groups excluding carboxylic acids is 1. The third-order valence-electron chi connectivity index (χ3n) is 4.02. The zero-order valence-electron chi connectivity index (χ0n) is 15.4. The van der Waals surface area contributed by atoms with Crippen LogP contribution in [0.15, 0.2) is 60.5 Å². The standard InChI is InChI=1S/C20H16ClN5O2S/c1-13-24-16(10-29-13)9-28-17-4-2-3-14(7-17)20(27)25-18-8-15(21)5-6-19(18)26-12-22-11-23-26/h2-8,10-12H,9H2,1H3,(H,25,27). The Labute approximate surface area is 176 Å². The van der Waals surface area contributed by atoms with Crippen LogP contribution in [-0.2, 0) is 6.61 Å². The lowest BCUT2D eigenvalue weighted by Crippen LogP contribution is -2.14. The van der Waals surface area contributed by atoms with Crippen LogP contribution in [0.5, 0.6) is 5.75 Å². The van der Waals surface area contributed by atoms with Crippen molar-refractivity contribution in [1.82, 2.24) is 19.7 Å². The van der Waals surface area contributed by atoms with Crippen molar-refractivity contribution in [3.8, 4) is 11.4 Å². The first kappa shape index (κ1) is 19.1. The summed E-state index contributed by atoms with van der Waals surface area (Å²) in [5, 5.41) is 10.4. The number of aromatic nitrogens is 4. The third-order valence-corrected chi connectivity index (χ3v) is 5.08. The van der Waals surface area contributed by atoms with Gasteiger partial charge in [-0.25, -0.2) is 14.6 Å². The summed E-state index contributed by atoms with van der Waals surface area (Å²) in [5.74, 6) is 0.300. The van der Waals surface area contributed by atoms with Gasteiger partial charge in [-0.2, -0.15) is 5.10 Å². The van der Waals surface area contributed by atoms with Crippen molar-refractivity contribution in [2.45, 2.75) is 13.5 Å². The molecule has 146 valence electrons. The molecule has 0 spiro atoms. The molecular weight excluding hydrogens is 410 g/mol. The number of carbonyl (C=O) groups is 1. The molecule has 4 rings (SSSR count). The summed E-state index contributed by atoms with van der Waals surface area (Å²) in [4.78, 5) is 21.1. The molecule has 0 saturated heterocycles. The molecule has 0 saturated carbocycles. The number of hydrogen-bond acceptors (Lipinski definition) is 6. The summed E-state index contributed by atoms with van der Waals surface area (Å²) in [6.45, 7) is 2.29. The van der Waals surface area contributed by atoms with E-state index in [2.05, 4.69) is 20.4 Å². The monoisotopic (exact) mass is 425 g/mol. The number of hydrogen-bond donors (Lipinski definition) is 1. The Morgan fingerprint density at radius 1 is 1.28 bits per heavy atom. The molecule has 1 N–H and O–H groups in total. The number of nitrogens with one attached hydrogen (secondary N) is 1. The second kappa shape index (κ2) is 8.42. The fraction of sp³-hybridized carbons (Fsp3) is 0.100. The van der Waals surface area contributed by atoms with Gasteiger partial charge >= 0.3 is 0 Å². The van der Waals surface area contributed by atoms with E-state index in [4.69, 9.17) is 16.3 Å². The Hall–Kier alpha value is -3.23. The zero-order valence-corrected chi connectivity index (χ0v) is 16.9. The van der Waals surface area contributed by atoms with Gasteiger partial charge in [0, 0.05) is 16.0 Å².